The minimum absolute atomic E-state index is 0.171. The number of aryl methyl sites for hydroxylation is 1. The van der Waals surface area contributed by atoms with E-state index < -0.39 is 5.60 Å². The molecule has 1 fully saturated rings. The van der Waals surface area contributed by atoms with Crippen LogP contribution < -0.4 is 0 Å². The number of methoxy groups -OCH3 is 1. The summed E-state index contributed by atoms with van der Waals surface area (Å²) in [7, 11) is 1.64. The van der Waals surface area contributed by atoms with Crippen LogP contribution in [0, 0.1) is 6.92 Å². The lowest BCUT2D eigenvalue weighted by Crippen LogP contribution is -2.47. The fourth-order valence-electron chi connectivity index (χ4n) is 1.89. The van der Waals surface area contributed by atoms with Crippen LogP contribution in [-0.2, 0) is 4.74 Å². The van der Waals surface area contributed by atoms with Gasteiger partial charge in [-0.2, -0.15) is 0 Å². The molecule has 1 heterocycles. The van der Waals surface area contributed by atoms with Gasteiger partial charge in [-0.15, -0.1) is 11.3 Å². The topological polar surface area (TPSA) is 26.3 Å². The van der Waals surface area contributed by atoms with Crippen molar-refractivity contribution >= 4 is 17.1 Å². The molecule has 76 valence electrons. The molecule has 0 aliphatic heterocycles. The molecule has 1 aliphatic rings. The predicted molar refractivity (Wildman–Crippen MR) is 57.0 cm³/mol. The average molecular weight is 210 g/mol. The second-order valence-electron chi connectivity index (χ2n) is 3.77. The Balaban J connectivity index is 2.27. The van der Waals surface area contributed by atoms with Crippen LogP contribution >= 0.6 is 11.3 Å². The van der Waals surface area contributed by atoms with Gasteiger partial charge in [0.25, 0.3) is 0 Å². The largest absolute Gasteiger partial charge is 0.370 e. The molecule has 0 spiro atoms. The zero-order chi connectivity index (χ0) is 10.2. The van der Waals surface area contributed by atoms with Crippen molar-refractivity contribution in [3.8, 4) is 0 Å². The Morgan fingerprint density at radius 2 is 2.29 bits per heavy atom. The summed E-state index contributed by atoms with van der Waals surface area (Å²) >= 11 is 1.62. The van der Waals surface area contributed by atoms with Crippen LogP contribution in [0.25, 0.3) is 0 Å². The van der Waals surface area contributed by atoms with Crippen molar-refractivity contribution < 1.29 is 9.53 Å². The molecule has 1 saturated carbocycles. The molecule has 0 N–H and O–H groups in total. The molecule has 1 aliphatic carbocycles. The number of hydrogen-bond donors (Lipinski definition) is 0. The number of ether oxygens (including phenoxy) is 1. The van der Waals surface area contributed by atoms with Gasteiger partial charge in [0.1, 0.15) is 5.60 Å². The molecule has 0 unspecified atom stereocenters. The van der Waals surface area contributed by atoms with Gasteiger partial charge in [0, 0.05) is 17.6 Å². The number of thiophene rings is 1. The highest BCUT2D eigenvalue weighted by molar-refractivity contribution is 7.10. The van der Waals surface area contributed by atoms with E-state index in [2.05, 4.69) is 0 Å². The van der Waals surface area contributed by atoms with E-state index in [-0.39, 0.29) is 5.78 Å². The van der Waals surface area contributed by atoms with Crippen LogP contribution in [0.4, 0.5) is 0 Å². The van der Waals surface area contributed by atoms with E-state index in [9.17, 15) is 4.79 Å². The summed E-state index contributed by atoms with van der Waals surface area (Å²) in [6.07, 6.45) is 2.85. The van der Waals surface area contributed by atoms with Crippen LogP contribution in [0.5, 0.6) is 0 Å². The average Bonchev–Trinajstić information content (AvgIpc) is 2.50. The Morgan fingerprint density at radius 3 is 2.64 bits per heavy atom. The van der Waals surface area contributed by atoms with E-state index in [0.717, 1.165) is 29.7 Å². The van der Waals surface area contributed by atoms with Crippen molar-refractivity contribution in [2.24, 2.45) is 0 Å². The summed E-state index contributed by atoms with van der Waals surface area (Å²) in [4.78, 5) is 13.2. The fourth-order valence-corrected chi connectivity index (χ4v) is 2.58. The molecular formula is C11H14O2S. The third kappa shape index (κ3) is 1.31. The maximum absolute atomic E-state index is 12.1. The summed E-state index contributed by atoms with van der Waals surface area (Å²) in [5.41, 5.74) is 0.350. The molecule has 3 heteroatoms. The summed E-state index contributed by atoms with van der Waals surface area (Å²) in [6.45, 7) is 1.99. The molecule has 1 aromatic heterocycles. The first-order chi connectivity index (χ1) is 6.69. The Kier molecular flexibility index (Phi) is 2.45. The highest BCUT2D eigenvalue weighted by Crippen LogP contribution is 2.38. The van der Waals surface area contributed by atoms with Crippen molar-refractivity contribution in [3.05, 3.63) is 21.9 Å². The summed E-state index contributed by atoms with van der Waals surface area (Å²) in [5, 5.41) is 1.96. The van der Waals surface area contributed by atoms with E-state index in [4.69, 9.17) is 4.74 Å². The minimum Gasteiger partial charge on any atom is -0.370 e. The third-order valence-corrected chi connectivity index (χ3v) is 3.91. The van der Waals surface area contributed by atoms with Gasteiger partial charge < -0.3 is 4.74 Å². The predicted octanol–water partition coefficient (Wildman–Crippen LogP) is 2.81. The lowest BCUT2D eigenvalue weighted by molar-refractivity contribution is -0.0448. The van der Waals surface area contributed by atoms with Crippen molar-refractivity contribution in [1.29, 1.82) is 0 Å². The number of carbonyl (C=O) groups excluding carboxylic acids is 1. The Labute approximate surface area is 87.9 Å². The first kappa shape index (κ1) is 9.87. The summed E-state index contributed by atoms with van der Waals surface area (Å²) in [5.74, 6) is 0.171. The Morgan fingerprint density at radius 1 is 1.57 bits per heavy atom. The Hall–Kier alpha value is -0.670. The smallest absolute Gasteiger partial charge is 0.195 e. The van der Waals surface area contributed by atoms with Gasteiger partial charge in [0.2, 0.25) is 0 Å². The molecule has 0 amide bonds. The molecule has 0 atom stereocenters. The van der Waals surface area contributed by atoms with Crippen molar-refractivity contribution in [1.82, 2.24) is 0 Å². The maximum atomic E-state index is 12.1. The van der Waals surface area contributed by atoms with Crippen molar-refractivity contribution in [2.45, 2.75) is 31.8 Å². The van der Waals surface area contributed by atoms with Crippen LogP contribution in [0.2, 0.25) is 0 Å². The van der Waals surface area contributed by atoms with E-state index in [1.54, 1.807) is 18.4 Å². The zero-order valence-electron chi connectivity index (χ0n) is 8.50. The second kappa shape index (κ2) is 3.48. The molecular weight excluding hydrogens is 196 g/mol. The number of hydrogen-bond acceptors (Lipinski definition) is 3. The zero-order valence-corrected chi connectivity index (χ0v) is 9.32. The second-order valence-corrected chi connectivity index (χ2v) is 4.89. The number of rotatable bonds is 3. The van der Waals surface area contributed by atoms with Gasteiger partial charge in [-0.1, -0.05) is 0 Å². The lowest BCUT2D eigenvalue weighted by Gasteiger charge is -2.38. The normalized spacial score (nSPS) is 19.0. The van der Waals surface area contributed by atoms with Gasteiger partial charge in [-0.25, -0.2) is 0 Å². The monoisotopic (exact) mass is 210 g/mol. The number of ketones is 1. The van der Waals surface area contributed by atoms with E-state index >= 15 is 0 Å². The van der Waals surface area contributed by atoms with Crippen LogP contribution in [0.15, 0.2) is 11.4 Å². The molecule has 0 radical (unpaired) electrons. The van der Waals surface area contributed by atoms with Crippen LogP contribution in [-0.4, -0.2) is 18.5 Å². The van der Waals surface area contributed by atoms with E-state index in [1.165, 1.54) is 0 Å². The lowest BCUT2D eigenvalue weighted by atomic mass is 9.75. The van der Waals surface area contributed by atoms with Crippen molar-refractivity contribution in [2.75, 3.05) is 7.11 Å². The SMILES string of the molecule is COC1(C(=O)c2ccsc2C)CCC1. The highest BCUT2D eigenvalue weighted by Gasteiger charge is 2.45. The summed E-state index contributed by atoms with van der Waals surface area (Å²) < 4.78 is 5.37. The van der Waals surface area contributed by atoms with E-state index in [0.29, 0.717) is 0 Å². The molecule has 0 saturated heterocycles. The summed E-state index contributed by atoms with van der Waals surface area (Å²) in [6, 6.07) is 1.90. The Bertz CT molecular complexity index is 344. The molecule has 0 bridgehead atoms. The maximum Gasteiger partial charge on any atom is 0.195 e. The van der Waals surface area contributed by atoms with Gasteiger partial charge in [0.05, 0.1) is 0 Å². The first-order valence-corrected chi connectivity index (χ1v) is 5.72. The molecule has 14 heavy (non-hydrogen) atoms. The molecule has 2 nitrogen and oxygen atoms in total. The molecule has 1 aromatic rings. The van der Waals surface area contributed by atoms with Gasteiger partial charge in [0.15, 0.2) is 5.78 Å². The number of Topliss-reactive ketones (excluding diaryl/α,β-unsaturated/α-hetero) is 1. The highest BCUT2D eigenvalue weighted by atomic mass is 32.1. The van der Waals surface area contributed by atoms with Crippen molar-refractivity contribution in [3.63, 3.8) is 0 Å². The van der Waals surface area contributed by atoms with Crippen LogP contribution in [0.3, 0.4) is 0 Å². The van der Waals surface area contributed by atoms with E-state index in [1.807, 2.05) is 18.4 Å². The molecule has 2 rings (SSSR count). The minimum atomic E-state index is -0.494. The van der Waals surface area contributed by atoms with Gasteiger partial charge in [-0.3, -0.25) is 4.79 Å². The number of carbonyl (C=O) groups is 1. The quantitative estimate of drug-likeness (QED) is 0.717. The fraction of sp³-hybridized carbons (Fsp3) is 0.545. The molecule has 0 aromatic carbocycles. The van der Waals surface area contributed by atoms with Gasteiger partial charge >= 0.3 is 0 Å². The standard InChI is InChI=1S/C11H14O2S/c1-8-9(4-7-14-8)10(12)11(13-2)5-3-6-11/h4,7H,3,5-6H2,1-2H3. The van der Waals surface area contributed by atoms with Crippen LogP contribution in [0.1, 0.15) is 34.5 Å². The van der Waals surface area contributed by atoms with Gasteiger partial charge in [-0.05, 0) is 37.6 Å². The first-order valence-electron chi connectivity index (χ1n) is 4.84. The third-order valence-electron chi connectivity index (χ3n) is 3.07.